The van der Waals surface area contributed by atoms with Crippen molar-refractivity contribution in [1.82, 2.24) is 44.6 Å². The summed E-state index contributed by atoms with van der Waals surface area (Å²) in [5.74, 6) is 0.719. The summed E-state index contributed by atoms with van der Waals surface area (Å²) >= 11 is 0. The average Bonchev–Trinajstić information content (AvgIpc) is 3.70. The van der Waals surface area contributed by atoms with E-state index in [9.17, 15) is 19.2 Å². The fourth-order valence-corrected chi connectivity index (χ4v) is 7.98. The normalized spacial score (nSPS) is 20.1. The largest absolute Gasteiger partial charge is 0.356 e. The van der Waals surface area contributed by atoms with Crippen molar-refractivity contribution in [3.05, 3.63) is 82.2 Å². The molecule has 1 atom stereocenters. The van der Waals surface area contributed by atoms with Crippen molar-refractivity contribution in [3.8, 4) is 22.8 Å². The number of imidazole rings is 1. The number of hydrogen-bond donors (Lipinski definition) is 3. The molecule has 1 aromatic carbocycles. The van der Waals surface area contributed by atoms with Crippen molar-refractivity contribution < 1.29 is 14.4 Å². The highest BCUT2D eigenvalue weighted by Crippen LogP contribution is 2.50. The summed E-state index contributed by atoms with van der Waals surface area (Å²) in [4.78, 5) is 72.5. The smallest absolute Gasteiger partial charge is 0.329 e. The number of piperidine rings is 1. The number of amides is 3. The Morgan fingerprint density at radius 3 is 2.59 bits per heavy atom. The van der Waals surface area contributed by atoms with Gasteiger partial charge in [0, 0.05) is 81.8 Å². The van der Waals surface area contributed by atoms with Crippen LogP contribution in [0, 0.1) is 0 Å². The highest BCUT2D eigenvalue weighted by molar-refractivity contribution is 6.00. The summed E-state index contributed by atoms with van der Waals surface area (Å²) in [6.07, 6.45) is 7.00. The molecule has 4 aromatic heterocycles. The molecule has 1 spiro atoms. The lowest BCUT2D eigenvalue weighted by molar-refractivity contribution is -0.135. The van der Waals surface area contributed by atoms with Gasteiger partial charge in [0.25, 0.3) is 5.91 Å². The average molecular weight is 687 g/mol. The molecule has 1 aliphatic carbocycles. The maximum atomic E-state index is 13.3. The van der Waals surface area contributed by atoms with Crippen LogP contribution in [0.5, 0.6) is 0 Å². The number of pyridine rings is 1. The van der Waals surface area contributed by atoms with Gasteiger partial charge in [-0.25, -0.2) is 19.7 Å². The lowest BCUT2D eigenvalue weighted by Crippen LogP contribution is -2.47. The van der Waals surface area contributed by atoms with Crippen molar-refractivity contribution in [2.75, 3.05) is 44.2 Å². The van der Waals surface area contributed by atoms with Crippen LogP contribution in [-0.4, -0.2) is 91.0 Å². The first-order valence-corrected chi connectivity index (χ1v) is 17.6. The van der Waals surface area contributed by atoms with Gasteiger partial charge in [-0.2, -0.15) is 0 Å². The van der Waals surface area contributed by atoms with Crippen molar-refractivity contribution in [2.45, 2.75) is 43.6 Å². The molecule has 0 bridgehead atoms. The molecule has 0 radical (unpaired) electrons. The number of nitrogens with zero attached hydrogens (tertiary/aromatic N) is 7. The number of hydrogen-bond acceptors (Lipinski definition) is 9. The first-order chi connectivity index (χ1) is 24.8. The Hall–Kier alpha value is -5.63. The van der Waals surface area contributed by atoms with Gasteiger partial charge in [-0.1, -0.05) is 12.1 Å². The zero-order valence-electron chi connectivity index (χ0n) is 28.3. The lowest BCUT2D eigenvalue weighted by atomic mass is 9.95. The zero-order valence-corrected chi connectivity index (χ0v) is 28.3. The Balaban J connectivity index is 0.844. The molecule has 9 rings (SSSR count). The molecule has 4 aliphatic rings. The molecule has 14 nitrogen and oxygen atoms in total. The van der Waals surface area contributed by atoms with E-state index in [1.807, 2.05) is 48.7 Å². The molecule has 51 heavy (non-hydrogen) atoms. The van der Waals surface area contributed by atoms with Gasteiger partial charge >= 0.3 is 5.69 Å². The lowest BCUT2D eigenvalue weighted by Gasteiger charge is -2.35. The van der Waals surface area contributed by atoms with E-state index in [1.54, 1.807) is 17.8 Å². The van der Waals surface area contributed by atoms with Crippen LogP contribution in [0.2, 0.25) is 0 Å². The summed E-state index contributed by atoms with van der Waals surface area (Å²) in [6.45, 7) is 4.94. The standard InChI is InChI=1S/C37H38N10O4/c1-44-31-22(3-2-4-27(31)47(36(44)51)28-6-8-30(48)43-35(28)50)10-14-45-15-17-46(18-16-45)29-7-5-23(20-39-29)33-38-13-9-25(42-33)26-19-24-32(41-26)37(11-12-37)21-40-34(24)49/h2-5,7,9,13,19-20,28,41H,6,8,10-12,14-18,21H2,1H3,(H,40,49)(H,43,48,50). The van der Waals surface area contributed by atoms with Crippen LogP contribution in [0.15, 0.2) is 59.7 Å². The van der Waals surface area contributed by atoms with Crippen LogP contribution in [0.3, 0.4) is 0 Å². The van der Waals surface area contributed by atoms with Gasteiger partial charge < -0.3 is 15.2 Å². The Kier molecular flexibility index (Phi) is 7.38. The topological polar surface area (TPSA) is 163 Å². The van der Waals surface area contributed by atoms with Gasteiger partial charge in [0.2, 0.25) is 11.8 Å². The second kappa shape index (κ2) is 12.0. The molecule has 3 fully saturated rings. The number of carbonyl (C=O) groups is 3. The molecular weight excluding hydrogens is 648 g/mol. The minimum atomic E-state index is -0.696. The van der Waals surface area contributed by atoms with E-state index < -0.39 is 11.9 Å². The SMILES string of the molecule is Cn1c(=O)n(C2CCC(=O)NC2=O)c2cccc(CCN3CCN(c4ccc(-c5nccc(-c6cc7c([nH]6)C6(CC6)CNC7=O)n5)cn4)CC3)c21. The molecular formula is C37H38N10O4. The van der Waals surface area contributed by atoms with E-state index >= 15 is 0 Å². The fraction of sp³-hybridized carbons (Fsp3) is 0.378. The number of rotatable bonds is 7. The van der Waals surface area contributed by atoms with Crippen LogP contribution in [0.25, 0.3) is 33.8 Å². The first kappa shape index (κ1) is 31.4. The molecule has 7 heterocycles. The van der Waals surface area contributed by atoms with Crippen molar-refractivity contribution in [2.24, 2.45) is 7.05 Å². The maximum Gasteiger partial charge on any atom is 0.329 e. The monoisotopic (exact) mass is 686 g/mol. The van der Waals surface area contributed by atoms with Crippen LogP contribution < -0.4 is 21.2 Å². The van der Waals surface area contributed by atoms with Gasteiger partial charge in [0.05, 0.1) is 28.0 Å². The molecule has 2 saturated heterocycles. The van der Waals surface area contributed by atoms with Crippen LogP contribution in [-0.2, 0) is 28.5 Å². The number of aromatic nitrogens is 6. The van der Waals surface area contributed by atoms with Crippen molar-refractivity contribution in [1.29, 1.82) is 0 Å². The number of fused-ring (bicyclic) bond motifs is 3. The summed E-state index contributed by atoms with van der Waals surface area (Å²) < 4.78 is 3.16. The summed E-state index contributed by atoms with van der Waals surface area (Å²) in [7, 11) is 1.74. The Morgan fingerprint density at radius 2 is 1.82 bits per heavy atom. The zero-order chi connectivity index (χ0) is 34.9. The number of piperazine rings is 1. The molecule has 1 saturated carbocycles. The summed E-state index contributed by atoms with van der Waals surface area (Å²) in [5, 5.41) is 5.40. The molecule has 260 valence electrons. The quantitative estimate of drug-likeness (QED) is 0.218. The van der Waals surface area contributed by atoms with Gasteiger partial charge in [-0.05, 0) is 61.6 Å². The number of para-hydroxylation sites is 1. The number of carbonyl (C=O) groups excluding carboxylic acids is 3. The van der Waals surface area contributed by atoms with E-state index in [2.05, 4.69) is 30.4 Å². The molecule has 14 heteroatoms. The van der Waals surface area contributed by atoms with Gasteiger partial charge in [0.15, 0.2) is 5.82 Å². The second-order valence-electron chi connectivity index (χ2n) is 14.1. The molecule has 3 N–H and O–H groups in total. The third-order valence-electron chi connectivity index (χ3n) is 11.1. The van der Waals surface area contributed by atoms with Crippen molar-refractivity contribution in [3.63, 3.8) is 0 Å². The van der Waals surface area contributed by atoms with Crippen LogP contribution in [0.1, 0.15) is 53.3 Å². The minimum Gasteiger partial charge on any atom is -0.356 e. The van der Waals surface area contributed by atoms with E-state index in [0.717, 1.165) is 97.0 Å². The van der Waals surface area contributed by atoms with Crippen molar-refractivity contribution >= 4 is 34.6 Å². The number of H-pyrrole nitrogens is 1. The van der Waals surface area contributed by atoms with Gasteiger partial charge in [0.1, 0.15) is 11.9 Å². The van der Waals surface area contributed by atoms with E-state index in [1.165, 1.54) is 4.57 Å². The third-order valence-corrected chi connectivity index (χ3v) is 11.1. The number of benzene rings is 1. The molecule has 5 aromatic rings. The van der Waals surface area contributed by atoms with Gasteiger partial charge in [-0.3, -0.25) is 33.7 Å². The number of aromatic amines is 1. The predicted octanol–water partition coefficient (Wildman–Crippen LogP) is 2.30. The first-order valence-electron chi connectivity index (χ1n) is 17.6. The van der Waals surface area contributed by atoms with Gasteiger partial charge in [-0.15, -0.1) is 0 Å². The number of anilines is 1. The van der Waals surface area contributed by atoms with Crippen LogP contribution in [0.4, 0.5) is 5.82 Å². The van der Waals surface area contributed by atoms with E-state index in [0.29, 0.717) is 24.4 Å². The van der Waals surface area contributed by atoms with E-state index in [-0.39, 0.29) is 29.3 Å². The molecule has 3 amide bonds. The molecule has 1 unspecified atom stereocenters. The third kappa shape index (κ3) is 5.41. The highest BCUT2D eigenvalue weighted by atomic mass is 16.2. The fourth-order valence-electron chi connectivity index (χ4n) is 7.98. The predicted molar refractivity (Wildman–Crippen MR) is 189 cm³/mol. The summed E-state index contributed by atoms with van der Waals surface area (Å²) in [5.41, 5.74) is 6.52. The van der Waals surface area contributed by atoms with E-state index in [4.69, 9.17) is 9.97 Å². The summed E-state index contributed by atoms with van der Waals surface area (Å²) in [6, 6.07) is 12.9. The second-order valence-corrected chi connectivity index (χ2v) is 14.1. The Morgan fingerprint density at radius 1 is 0.980 bits per heavy atom. The number of imide groups is 1. The number of aryl methyl sites for hydroxylation is 1. The number of nitrogens with one attached hydrogen (secondary N) is 3. The maximum absolute atomic E-state index is 13.3. The minimum absolute atomic E-state index is 0.0371. The Bertz CT molecular complexity index is 2270. The molecule has 3 aliphatic heterocycles. The van der Waals surface area contributed by atoms with Crippen LogP contribution >= 0.6 is 0 Å². The Labute approximate surface area is 292 Å². The highest BCUT2D eigenvalue weighted by Gasteiger charge is 2.50.